The first-order valence-corrected chi connectivity index (χ1v) is 6.71. The molecule has 1 heterocycles. The minimum absolute atomic E-state index is 0.309. The maximum Gasteiger partial charge on any atom is 0.355 e. The SMILES string of the molecule is CCOC(=O)c1[nH]c2cccc3c2c1CCCC3O. The van der Waals surface area contributed by atoms with Gasteiger partial charge in [-0.3, -0.25) is 0 Å². The van der Waals surface area contributed by atoms with E-state index in [0.29, 0.717) is 12.3 Å². The van der Waals surface area contributed by atoms with Crippen LogP contribution in [0.25, 0.3) is 10.9 Å². The lowest BCUT2D eigenvalue weighted by Crippen LogP contribution is -2.07. The van der Waals surface area contributed by atoms with Gasteiger partial charge in [-0.25, -0.2) is 4.79 Å². The summed E-state index contributed by atoms with van der Waals surface area (Å²) in [5, 5.41) is 11.2. The molecule has 0 amide bonds. The highest BCUT2D eigenvalue weighted by molar-refractivity contribution is 5.99. The van der Waals surface area contributed by atoms with Gasteiger partial charge in [-0.15, -0.1) is 0 Å². The Labute approximate surface area is 111 Å². The van der Waals surface area contributed by atoms with Crippen molar-refractivity contribution in [1.29, 1.82) is 0 Å². The van der Waals surface area contributed by atoms with E-state index in [2.05, 4.69) is 4.98 Å². The summed E-state index contributed by atoms with van der Waals surface area (Å²) in [6.07, 6.45) is 1.95. The molecule has 4 nitrogen and oxygen atoms in total. The first-order valence-electron chi connectivity index (χ1n) is 6.71. The Morgan fingerprint density at radius 3 is 3.16 bits per heavy atom. The molecular formula is C15H17NO3. The molecular weight excluding hydrogens is 242 g/mol. The van der Waals surface area contributed by atoms with Gasteiger partial charge in [-0.2, -0.15) is 0 Å². The molecule has 0 bridgehead atoms. The van der Waals surface area contributed by atoms with Crippen molar-refractivity contribution in [2.75, 3.05) is 6.61 Å². The lowest BCUT2D eigenvalue weighted by molar-refractivity contribution is 0.0519. The van der Waals surface area contributed by atoms with Gasteiger partial charge in [-0.1, -0.05) is 12.1 Å². The fourth-order valence-electron chi connectivity index (χ4n) is 2.88. The zero-order valence-corrected chi connectivity index (χ0v) is 10.9. The van der Waals surface area contributed by atoms with Crippen LogP contribution < -0.4 is 0 Å². The molecule has 4 heteroatoms. The molecule has 0 spiro atoms. The molecule has 0 fully saturated rings. The number of nitrogens with one attached hydrogen (secondary N) is 1. The largest absolute Gasteiger partial charge is 0.461 e. The Balaban J connectivity index is 2.23. The Hall–Kier alpha value is -1.81. The molecule has 1 atom stereocenters. The summed E-state index contributed by atoms with van der Waals surface area (Å²) < 4.78 is 5.10. The van der Waals surface area contributed by atoms with E-state index in [1.165, 1.54) is 0 Å². The van der Waals surface area contributed by atoms with Crippen LogP contribution in [0.3, 0.4) is 0 Å². The summed E-state index contributed by atoms with van der Waals surface area (Å²) in [6, 6.07) is 5.77. The second kappa shape index (κ2) is 4.70. The number of hydrogen-bond donors (Lipinski definition) is 2. The van der Waals surface area contributed by atoms with Crippen LogP contribution in [-0.2, 0) is 11.2 Å². The summed E-state index contributed by atoms with van der Waals surface area (Å²) in [7, 11) is 0. The zero-order valence-electron chi connectivity index (χ0n) is 10.9. The first kappa shape index (κ1) is 12.2. The van der Waals surface area contributed by atoms with Crippen molar-refractivity contribution in [3.8, 4) is 0 Å². The van der Waals surface area contributed by atoms with E-state index in [0.717, 1.165) is 41.3 Å². The zero-order chi connectivity index (χ0) is 13.4. The van der Waals surface area contributed by atoms with Gasteiger partial charge >= 0.3 is 5.97 Å². The van der Waals surface area contributed by atoms with E-state index < -0.39 is 6.10 Å². The van der Waals surface area contributed by atoms with Crippen LogP contribution in [0.1, 0.15) is 47.5 Å². The quantitative estimate of drug-likeness (QED) is 0.815. The smallest absolute Gasteiger partial charge is 0.355 e. The van der Waals surface area contributed by atoms with Crippen molar-refractivity contribution in [1.82, 2.24) is 4.98 Å². The highest BCUT2D eigenvalue weighted by atomic mass is 16.5. The molecule has 1 aromatic carbocycles. The third-order valence-corrected chi connectivity index (χ3v) is 3.70. The Morgan fingerprint density at radius 1 is 1.53 bits per heavy atom. The second-order valence-electron chi connectivity index (χ2n) is 4.88. The molecule has 19 heavy (non-hydrogen) atoms. The maximum absolute atomic E-state index is 12.0. The summed E-state index contributed by atoms with van der Waals surface area (Å²) >= 11 is 0. The summed E-state index contributed by atoms with van der Waals surface area (Å²) in [5.74, 6) is -0.309. The molecule has 1 aliphatic rings. The predicted molar refractivity (Wildman–Crippen MR) is 72.2 cm³/mol. The van der Waals surface area contributed by atoms with Gasteiger partial charge < -0.3 is 14.8 Å². The third-order valence-electron chi connectivity index (χ3n) is 3.70. The van der Waals surface area contributed by atoms with Crippen molar-refractivity contribution < 1.29 is 14.6 Å². The monoisotopic (exact) mass is 259 g/mol. The molecule has 1 unspecified atom stereocenters. The van der Waals surface area contributed by atoms with E-state index in [-0.39, 0.29) is 5.97 Å². The van der Waals surface area contributed by atoms with Gasteiger partial charge in [0, 0.05) is 10.9 Å². The number of aliphatic hydroxyl groups is 1. The number of benzene rings is 1. The molecule has 3 rings (SSSR count). The van der Waals surface area contributed by atoms with Crippen LogP contribution >= 0.6 is 0 Å². The van der Waals surface area contributed by atoms with Gasteiger partial charge in [0.15, 0.2) is 0 Å². The number of esters is 1. The number of aliphatic hydroxyl groups excluding tert-OH is 1. The van der Waals surface area contributed by atoms with Gasteiger partial charge in [0.25, 0.3) is 0 Å². The van der Waals surface area contributed by atoms with Gasteiger partial charge in [0.1, 0.15) is 5.69 Å². The molecule has 0 saturated carbocycles. The molecule has 1 aromatic heterocycles. The number of ether oxygens (including phenoxy) is 1. The standard InChI is InChI=1S/C15H17NO3/c1-2-19-15(18)14-10-6-4-8-12(17)9-5-3-7-11(16-14)13(9)10/h3,5,7,12,16-17H,2,4,6,8H2,1H3. The van der Waals surface area contributed by atoms with Crippen LogP contribution in [-0.4, -0.2) is 22.7 Å². The summed E-state index contributed by atoms with van der Waals surface area (Å²) in [6.45, 7) is 2.16. The van der Waals surface area contributed by atoms with Crippen LogP contribution in [0.4, 0.5) is 0 Å². The molecule has 2 N–H and O–H groups in total. The number of hydrogen-bond acceptors (Lipinski definition) is 3. The Morgan fingerprint density at radius 2 is 2.37 bits per heavy atom. The van der Waals surface area contributed by atoms with Crippen molar-refractivity contribution in [3.63, 3.8) is 0 Å². The van der Waals surface area contributed by atoms with Crippen LogP contribution in [0.15, 0.2) is 18.2 Å². The third kappa shape index (κ3) is 1.92. The number of carbonyl (C=O) groups excluding carboxylic acids is 1. The normalized spacial score (nSPS) is 18.3. The van der Waals surface area contributed by atoms with E-state index in [1.54, 1.807) is 6.92 Å². The average Bonchev–Trinajstić information content (AvgIpc) is 2.69. The van der Waals surface area contributed by atoms with Crippen molar-refractivity contribution in [2.24, 2.45) is 0 Å². The first-order chi connectivity index (χ1) is 9.22. The van der Waals surface area contributed by atoms with Gasteiger partial charge in [0.05, 0.1) is 12.7 Å². The maximum atomic E-state index is 12.0. The van der Waals surface area contributed by atoms with Crippen molar-refractivity contribution in [3.05, 3.63) is 35.0 Å². The molecule has 1 aliphatic carbocycles. The van der Waals surface area contributed by atoms with Crippen LogP contribution in [0.5, 0.6) is 0 Å². The van der Waals surface area contributed by atoms with Crippen LogP contribution in [0.2, 0.25) is 0 Å². The predicted octanol–water partition coefficient (Wildman–Crippen LogP) is 2.71. The van der Waals surface area contributed by atoms with Gasteiger partial charge in [0.2, 0.25) is 0 Å². The average molecular weight is 259 g/mol. The van der Waals surface area contributed by atoms with E-state index in [4.69, 9.17) is 4.74 Å². The number of rotatable bonds is 2. The van der Waals surface area contributed by atoms with Crippen molar-refractivity contribution in [2.45, 2.75) is 32.3 Å². The summed E-state index contributed by atoms with van der Waals surface area (Å²) in [4.78, 5) is 15.2. The minimum atomic E-state index is -0.448. The lowest BCUT2D eigenvalue weighted by Gasteiger charge is -2.08. The summed E-state index contributed by atoms with van der Waals surface area (Å²) in [5.41, 5.74) is 3.34. The van der Waals surface area contributed by atoms with E-state index in [1.807, 2.05) is 18.2 Å². The second-order valence-corrected chi connectivity index (χ2v) is 4.88. The van der Waals surface area contributed by atoms with Crippen molar-refractivity contribution >= 4 is 16.9 Å². The van der Waals surface area contributed by atoms with E-state index in [9.17, 15) is 9.90 Å². The molecule has 2 aromatic rings. The van der Waals surface area contributed by atoms with E-state index >= 15 is 0 Å². The highest BCUT2D eigenvalue weighted by Gasteiger charge is 2.25. The van der Waals surface area contributed by atoms with Crippen LogP contribution in [0, 0.1) is 0 Å². The fourth-order valence-corrected chi connectivity index (χ4v) is 2.88. The Bertz CT molecular complexity index is 630. The number of carbonyl (C=O) groups is 1. The topological polar surface area (TPSA) is 62.3 Å². The minimum Gasteiger partial charge on any atom is -0.461 e. The number of aryl methyl sites for hydroxylation is 1. The lowest BCUT2D eigenvalue weighted by atomic mass is 10.0. The molecule has 100 valence electrons. The fraction of sp³-hybridized carbons (Fsp3) is 0.400. The Kier molecular flexibility index (Phi) is 3.03. The highest BCUT2D eigenvalue weighted by Crippen LogP contribution is 2.36. The molecule has 0 aliphatic heterocycles. The van der Waals surface area contributed by atoms with Gasteiger partial charge in [-0.05, 0) is 43.4 Å². The molecule has 0 saturated heterocycles. The number of H-pyrrole nitrogens is 1. The number of aromatic amines is 1. The number of aromatic nitrogens is 1. The molecule has 0 radical (unpaired) electrons.